The maximum absolute atomic E-state index is 12.6. The summed E-state index contributed by atoms with van der Waals surface area (Å²) in [6, 6.07) is 7.10. The molecular formula is C15H17N3O3. The predicted octanol–water partition coefficient (Wildman–Crippen LogP) is 1.64. The lowest BCUT2D eigenvalue weighted by atomic mass is 10.1. The second kappa shape index (κ2) is 5.65. The van der Waals surface area contributed by atoms with E-state index >= 15 is 0 Å². The van der Waals surface area contributed by atoms with Crippen LogP contribution >= 0.6 is 0 Å². The number of amides is 1. The van der Waals surface area contributed by atoms with E-state index in [9.17, 15) is 9.90 Å². The van der Waals surface area contributed by atoms with Gasteiger partial charge < -0.3 is 14.5 Å². The Morgan fingerprint density at radius 1 is 1.52 bits per heavy atom. The number of carbonyl (C=O) groups is 1. The van der Waals surface area contributed by atoms with Crippen LogP contribution in [0.4, 0.5) is 0 Å². The lowest BCUT2D eigenvalue weighted by molar-refractivity contribution is 0.0677. The van der Waals surface area contributed by atoms with Crippen molar-refractivity contribution in [2.45, 2.75) is 25.8 Å². The van der Waals surface area contributed by atoms with Crippen LogP contribution in [0.25, 0.3) is 11.4 Å². The third-order valence-corrected chi connectivity index (χ3v) is 3.74. The Morgan fingerprint density at radius 2 is 2.38 bits per heavy atom. The van der Waals surface area contributed by atoms with Crippen LogP contribution in [0.15, 0.2) is 28.8 Å². The van der Waals surface area contributed by atoms with Crippen LogP contribution in [0.5, 0.6) is 0 Å². The zero-order chi connectivity index (χ0) is 14.8. The summed E-state index contributed by atoms with van der Waals surface area (Å²) in [5.41, 5.74) is 1.33. The molecule has 0 unspecified atom stereocenters. The molecule has 1 aliphatic heterocycles. The second-order valence-electron chi connectivity index (χ2n) is 5.19. The van der Waals surface area contributed by atoms with Gasteiger partial charge in [0.2, 0.25) is 11.7 Å². The maximum Gasteiger partial charge on any atom is 0.254 e. The minimum Gasteiger partial charge on any atom is -0.394 e. The van der Waals surface area contributed by atoms with Crippen molar-refractivity contribution in [3.05, 3.63) is 35.7 Å². The first-order valence-electron chi connectivity index (χ1n) is 7.01. The van der Waals surface area contributed by atoms with Gasteiger partial charge in [-0.25, -0.2) is 0 Å². The van der Waals surface area contributed by atoms with Gasteiger partial charge in [-0.3, -0.25) is 4.79 Å². The average molecular weight is 287 g/mol. The summed E-state index contributed by atoms with van der Waals surface area (Å²) in [7, 11) is 0. The van der Waals surface area contributed by atoms with Crippen molar-refractivity contribution in [2.75, 3.05) is 13.2 Å². The van der Waals surface area contributed by atoms with E-state index in [-0.39, 0.29) is 18.6 Å². The molecule has 3 rings (SSSR count). The maximum atomic E-state index is 12.6. The molecule has 0 spiro atoms. The molecule has 1 amide bonds. The SMILES string of the molecule is Cc1nc(-c2cccc(C(=O)N3CCC[C@H]3CO)c2)no1. The highest BCUT2D eigenvalue weighted by Crippen LogP contribution is 2.22. The molecule has 1 N–H and O–H groups in total. The minimum absolute atomic E-state index is 0.00939. The fraction of sp³-hybridized carbons (Fsp3) is 0.400. The van der Waals surface area contributed by atoms with Gasteiger partial charge in [-0.1, -0.05) is 17.3 Å². The van der Waals surface area contributed by atoms with Gasteiger partial charge in [0.1, 0.15) is 0 Å². The van der Waals surface area contributed by atoms with Gasteiger partial charge in [-0.05, 0) is 25.0 Å². The van der Waals surface area contributed by atoms with Gasteiger partial charge in [-0.15, -0.1) is 0 Å². The number of aliphatic hydroxyl groups excluding tert-OH is 1. The molecule has 1 aliphatic rings. The molecule has 0 radical (unpaired) electrons. The van der Waals surface area contributed by atoms with E-state index in [1.807, 2.05) is 6.07 Å². The highest BCUT2D eigenvalue weighted by atomic mass is 16.5. The molecule has 6 nitrogen and oxygen atoms in total. The normalized spacial score (nSPS) is 18.2. The largest absolute Gasteiger partial charge is 0.394 e. The first-order chi connectivity index (χ1) is 10.2. The van der Waals surface area contributed by atoms with Crippen LogP contribution in [0.1, 0.15) is 29.1 Å². The molecule has 110 valence electrons. The number of hydrogen-bond acceptors (Lipinski definition) is 5. The monoisotopic (exact) mass is 287 g/mol. The lowest BCUT2D eigenvalue weighted by Crippen LogP contribution is -2.37. The fourth-order valence-electron chi connectivity index (χ4n) is 2.67. The number of rotatable bonds is 3. The smallest absolute Gasteiger partial charge is 0.254 e. The van der Waals surface area contributed by atoms with Crippen molar-refractivity contribution >= 4 is 5.91 Å². The Kier molecular flexibility index (Phi) is 3.70. The van der Waals surface area contributed by atoms with Crippen molar-refractivity contribution in [3.63, 3.8) is 0 Å². The molecule has 1 aromatic carbocycles. The zero-order valence-corrected chi connectivity index (χ0v) is 11.8. The standard InChI is InChI=1S/C15H17N3O3/c1-10-16-14(17-21-10)11-4-2-5-12(8-11)15(20)18-7-3-6-13(18)9-19/h2,4-5,8,13,19H,3,6-7,9H2,1H3/t13-/m0/s1. The Morgan fingerprint density at radius 3 is 3.10 bits per heavy atom. The Bertz CT molecular complexity index is 653. The summed E-state index contributed by atoms with van der Waals surface area (Å²) in [5, 5.41) is 13.2. The van der Waals surface area contributed by atoms with Crippen LogP contribution in [0.2, 0.25) is 0 Å². The fourth-order valence-corrected chi connectivity index (χ4v) is 2.67. The van der Waals surface area contributed by atoms with Crippen LogP contribution < -0.4 is 0 Å². The highest BCUT2D eigenvalue weighted by molar-refractivity contribution is 5.95. The number of aromatic nitrogens is 2. The van der Waals surface area contributed by atoms with E-state index < -0.39 is 0 Å². The predicted molar refractivity (Wildman–Crippen MR) is 75.6 cm³/mol. The molecule has 1 saturated heterocycles. The van der Waals surface area contributed by atoms with E-state index in [0.29, 0.717) is 23.8 Å². The second-order valence-corrected chi connectivity index (χ2v) is 5.19. The summed E-state index contributed by atoms with van der Waals surface area (Å²) in [6.45, 7) is 2.42. The minimum atomic E-state index is -0.0754. The molecule has 0 saturated carbocycles. The summed E-state index contributed by atoms with van der Waals surface area (Å²) in [6.07, 6.45) is 1.78. The Labute approximate surface area is 122 Å². The van der Waals surface area contributed by atoms with E-state index in [4.69, 9.17) is 4.52 Å². The van der Waals surface area contributed by atoms with Gasteiger partial charge in [0.25, 0.3) is 5.91 Å². The van der Waals surface area contributed by atoms with Crippen molar-refractivity contribution in [2.24, 2.45) is 0 Å². The van der Waals surface area contributed by atoms with Gasteiger partial charge in [0.15, 0.2) is 0 Å². The highest BCUT2D eigenvalue weighted by Gasteiger charge is 2.28. The molecule has 1 aromatic heterocycles. The number of likely N-dealkylation sites (tertiary alicyclic amines) is 1. The van der Waals surface area contributed by atoms with Crippen molar-refractivity contribution < 1.29 is 14.4 Å². The average Bonchev–Trinajstić information content (AvgIpc) is 3.15. The third-order valence-electron chi connectivity index (χ3n) is 3.74. The number of nitrogens with zero attached hydrogens (tertiary/aromatic N) is 3. The van der Waals surface area contributed by atoms with Crippen LogP contribution in [0.3, 0.4) is 0 Å². The molecule has 0 bridgehead atoms. The van der Waals surface area contributed by atoms with E-state index in [2.05, 4.69) is 10.1 Å². The van der Waals surface area contributed by atoms with Gasteiger partial charge in [-0.2, -0.15) is 4.98 Å². The van der Waals surface area contributed by atoms with E-state index in [0.717, 1.165) is 18.4 Å². The molecule has 0 aliphatic carbocycles. The molecule has 2 heterocycles. The molecule has 2 aromatic rings. The summed E-state index contributed by atoms with van der Waals surface area (Å²) < 4.78 is 4.96. The quantitative estimate of drug-likeness (QED) is 0.928. The molecule has 6 heteroatoms. The number of aryl methyl sites for hydroxylation is 1. The van der Waals surface area contributed by atoms with Crippen LogP contribution in [0, 0.1) is 6.92 Å². The summed E-state index contributed by atoms with van der Waals surface area (Å²) in [4.78, 5) is 18.5. The topological polar surface area (TPSA) is 79.5 Å². The summed E-state index contributed by atoms with van der Waals surface area (Å²) >= 11 is 0. The Hall–Kier alpha value is -2.21. The van der Waals surface area contributed by atoms with Crippen molar-refractivity contribution in [1.82, 2.24) is 15.0 Å². The Balaban J connectivity index is 1.87. The van der Waals surface area contributed by atoms with Crippen molar-refractivity contribution in [1.29, 1.82) is 0 Å². The van der Waals surface area contributed by atoms with Crippen LogP contribution in [-0.2, 0) is 0 Å². The zero-order valence-electron chi connectivity index (χ0n) is 11.8. The molecule has 21 heavy (non-hydrogen) atoms. The molecule has 1 fully saturated rings. The van der Waals surface area contributed by atoms with Gasteiger partial charge >= 0.3 is 0 Å². The van der Waals surface area contributed by atoms with Crippen LogP contribution in [-0.4, -0.2) is 45.2 Å². The van der Waals surface area contributed by atoms with E-state index in [1.165, 1.54) is 0 Å². The number of benzene rings is 1. The van der Waals surface area contributed by atoms with Gasteiger partial charge in [0, 0.05) is 24.6 Å². The van der Waals surface area contributed by atoms with E-state index in [1.54, 1.807) is 30.0 Å². The number of hydrogen-bond donors (Lipinski definition) is 1. The first-order valence-corrected chi connectivity index (χ1v) is 7.01. The third kappa shape index (κ3) is 2.67. The molecule has 1 atom stereocenters. The van der Waals surface area contributed by atoms with Gasteiger partial charge in [0.05, 0.1) is 12.6 Å². The first kappa shape index (κ1) is 13.8. The molecular weight excluding hydrogens is 270 g/mol. The number of aliphatic hydroxyl groups is 1. The summed E-state index contributed by atoms with van der Waals surface area (Å²) in [5.74, 6) is 0.900. The van der Waals surface area contributed by atoms with Crippen molar-refractivity contribution in [3.8, 4) is 11.4 Å². The number of carbonyl (C=O) groups excluding carboxylic acids is 1. The lowest BCUT2D eigenvalue weighted by Gasteiger charge is -2.23.